The average Bonchev–Trinajstić information content (AvgIpc) is 3.38. The summed E-state index contributed by atoms with van der Waals surface area (Å²) in [5.74, 6) is 2.03. The van der Waals surface area contributed by atoms with E-state index < -0.39 is 0 Å². The number of ether oxygens (including phenoxy) is 4. The Balaban J connectivity index is 0.856. The number of aliphatic imine (C=N–C) groups is 1. The molecule has 0 radical (unpaired) electrons. The molecule has 2 N–H and O–H groups in total. The molecule has 4 aliphatic heterocycles. The number of carbonyl (C=O) groups excluding carboxylic acids is 2. The first-order valence-corrected chi connectivity index (χ1v) is 17.4. The van der Waals surface area contributed by atoms with E-state index in [2.05, 4.69) is 41.0 Å². The lowest BCUT2D eigenvalue weighted by Gasteiger charge is -2.35. The molecule has 0 aromatic heterocycles. The van der Waals surface area contributed by atoms with E-state index in [0.29, 0.717) is 85.7 Å². The van der Waals surface area contributed by atoms with Gasteiger partial charge in [0.25, 0.3) is 11.8 Å². The van der Waals surface area contributed by atoms with Gasteiger partial charge < -0.3 is 39.4 Å². The van der Waals surface area contributed by atoms with Gasteiger partial charge in [-0.3, -0.25) is 14.6 Å². The summed E-state index contributed by atoms with van der Waals surface area (Å²) < 4.78 is 23.5. The molecule has 8 rings (SSSR count). The summed E-state index contributed by atoms with van der Waals surface area (Å²) in [4.78, 5) is 35.9. The molecule has 11 heteroatoms. The molecule has 0 unspecified atom stereocenters. The van der Waals surface area contributed by atoms with E-state index in [9.17, 15) is 9.59 Å². The third-order valence-electron chi connectivity index (χ3n) is 10.2. The van der Waals surface area contributed by atoms with E-state index in [1.807, 2.05) is 40.3 Å². The van der Waals surface area contributed by atoms with Gasteiger partial charge in [-0.25, -0.2) is 0 Å². The number of hydrogen-bond donors (Lipinski definition) is 2. The molecule has 262 valence electrons. The second-order valence-corrected chi connectivity index (χ2v) is 13.2. The van der Waals surface area contributed by atoms with Crippen molar-refractivity contribution in [1.29, 1.82) is 0 Å². The predicted octanol–water partition coefficient (Wildman–Crippen LogP) is 5.03. The van der Waals surface area contributed by atoms with E-state index in [-0.39, 0.29) is 23.9 Å². The highest BCUT2D eigenvalue weighted by Gasteiger charge is 2.35. The molecule has 4 aromatic carbocycles. The summed E-state index contributed by atoms with van der Waals surface area (Å²) in [6, 6.07) is 23.7. The third kappa shape index (κ3) is 6.33. The minimum atomic E-state index is -0.105. The Kier molecular flexibility index (Phi) is 8.95. The Hall–Kier alpha value is -5.55. The fourth-order valence-electron chi connectivity index (χ4n) is 7.46. The van der Waals surface area contributed by atoms with Crippen LogP contribution in [0.3, 0.4) is 0 Å². The normalized spacial score (nSPS) is 18.5. The van der Waals surface area contributed by atoms with Gasteiger partial charge in [0.2, 0.25) is 0 Å². The number of fused-ring (bicyclic) bond motifs is 6. The summed E-state index contributed by atoms with van der Waals surface area (Å²) in [7, 11) is 3.15. The third-order valence-corrected chi connectivity index (χ3v) is 10.2. The van der Waals surface area contributed by atoms with Gasteiger partial charge in [-0.1, -0.05) is 48.5 Å². The van der Waals surface area contributed by atoms with Crippen molar-refractivity contribution >= 4 is 29.4 Å². The highest BCUT2D eigenvalue weighted by atomic mass is 16.5. The molecule has 2 amide bonds. The van der Waals surface area contributed by atoms with Crippen molar-refractivity contribution < 1.29 is 28.5 Å². The van der Waals surface area contributed by atoms with Gasteiger partial charge >= 0.3 is 0 Å². The summed E-state index contributed by atoms with van der Waals surface area (Å²) >= 11 is 0. The van der Waals surface area contributed by atoms with E-state index in [4.69, 9.17) is 23.9 Å². The first kappa shape index (κ1) is 32.6. The standard InChI is InChI=1S/C40H41N5O6/c1-48-35-17-31-33(42-21-29-15-25-7-3-5-9-27(25)23-44(29)39(31)46)19-37(35)50-13-11-41-12-14-51-38-20-34-32(18-36(38)49-2)40(47)45-24-28-10-6-4-8-26(28)16-30(45)22-43-34/h3-10,17-21,29-30,41,43H,11-16,22-24H2,1-2H3/t29-,30-/m0/s1. The quantitative estimate of drug-likeness (QED) is 0.224. The molecule has 4 aliphatic rings. The van der Waals surface area contributed by atoms with Crippen LogP contribution in [0, 0.1) is 0 Å². The first-order valence-electron chi connectivity index (χ1n) is 17.4. The van der Waals surface area contributed by atoms with Crippen LogP contribution in [0.25, 0.3) is 0 Å². The predicted molar refractivity (Wildman–Crippen MR) is 194 cm³/mol. The number of hydrogen-bond acceptors (Lipinski definition) is 9. The summed E-state index contributed by atoms with van der Waals surface area (Å²) in [5.41, 5.74) is 7.31. The molecular weight excluding hydrogens is 646 g/mol. The minimum absolute atomic E-state index is 0.00713. The van der Waals surface area contributed by atoms with Crippen LogP contribution in [0.4, 0.5) is 11.4 Å². The Labute approximate surface area is 297 Å². The van der Waals surface area contributed by atoms with E-state index in [0.717, 1.165) is 24.1 Å². The second kappa shape index (κ2) is 14.0. The lowest BCUT2D eigenvalue weighted by Crippen LogP contribution is -2.45. The molecule has 0 aliphatic carbocycles. The van der Waals surface area contributed by atoms with Crippen LogP contribution in [-0.4, -0.2) is 87.0 Å². The summed E-state index contributed by atoms with van der Waals surface area (Å²) in [6.45, 7) is 3.66. The Morgan fingerprint density at radius 3 is 2.00 bits per heavy atom. The zero-order valence-electron chi connectivity index (χ0n) is 28.8. The first-order chi connectivity index (χ1) is 25.0. The lowest BCUT2D eigenvalue weighted by molar-refractivity contribution is 0.0659. The van der Waals surface area contributed by atoms with Crippen molar-refractivity contribution in [2.24, 2.45) is 4.99 Å². The van der Waals surface area contributed by atoms with Crippen molar-refractivity contribution in [1.82, 2.24) is 15.1 Å². The molecular formula is C40H41N5O6. The van der Waals surface area contributed by atoms with Gasteiger partial charge in [-0.15, -0.1) is 0 Å². The monoisotopic (exact) mass is 687 g/mol. The largest absolute Gasteiger partial charge is 0.493 e. The maximum atomic E-state index is 13.7. The number of methoxy groups -OCH3 is 2. The molecule has 0 bridgehead atoms. The number of nitrogens with zero attached hydrogens (tertiary/aromatic N) is 3. The van der Waals surface area contributed by atoms with Crippen LogP contribution in [0.5, 0.6) is 23.0 Å². The molecule has 0 spiro atoms. The van der Waals surface area contributed by atoms with Gasteiger partial charge in [-0.05, 0) is 47.2 Å². The highest BCUT2D eigenvalue weighted by molar-refractivity contribution is 6.04. The number of amides is 2. The molecule has 51 heavy (non-hydrogen) atoms. The second-order valence-electron chi connectivity index (χ2n) is 13.2. The average molecular weight is 688 g/mol. The van der Waals surface area contributed by atoms with E-state index in [1.54, 1.807) is 32.4 Å². The Morgan fingerprint density at radius 1 is 0.725 bits per heavy atom. The zero-order valence-corrected chi connectivity index (χ0v) is 28.8. The maximum Gasteiger partial charge on any atom is 0.257 e. The van der Waals surface area contributed by atoms with Gasteiger partial charge in [0.05, 0.1) is 48.8 Å². The Morgan fingerprint density at radius 2 is 1.31 bits per heavy atom. The van der Waals surface area contributed by atoms with Crippen LogP contribution in [0.15, 0.2) is 77.8 Å². The van der Waals surface area contributed by atoms with Gasteiger partial charge in [0, 0.05) is 51.1 Å². The van der Waals surface area contributed by atoms with Crippen LogP contribution in [0.1, 0.15) is 43.0 Å². The maximum absolute atomic E-state index is 13.7. The van der Waals surface area contributed by atoms with Gasteiger partial charge in [-0.2, -0.15) is 0 Å². The summed E-state index contributed by atoms with van der Waals surface area (Å²) in [5, 5.41) is 6.84. The van der Waals surface area contributed by atoms with E-state index in [1.165, 1.54) is 16.7 Å². The SMILES string of the molecule is COc1cc2c(cc1OCCNCCOc1cc3c(cc1OC)C(=O)N1Cc4ccccc4C[C@H]1CN3)N=C[C@@H]1Cc3ccccc3CN1C2=O. The smallest absolute Gasteiger partial charge is 0.257 e. The van der Waals surface area contributed by atoms with Crippen LogP contribution in [0.2, 0.25) is 0 Å². The molecule has 0 fully saturated rings. The van der Waals surface area contributed by atoms with Crippen LogP contribution >= 0.6 is 0 Å². The number of benzene rings is 4. The number of anilines is 1. The fourth-order valence-corrected chi connectivity index (χ4v) is 7.46. The van der Waals surface area contributed by atoms with Gasteiger partial charge in [0.1, 0.15) is 13.2 Å². The molecule has 0 saturated carbocycles. The fraction of sp³-hybridized carbons (Fsp3) is 0.325. The summed E-state index contributed by atoms with van der Waals surface area (Å²) in [6.07, 6.45) is 3.42. The van der Waals surface area contributed by atoms with Crippen molar-refractivity contribution in [3.05, 3.63) is 106 Å². The molecule has 11 nitrogen and oxygen atoms in total. The number of carbonyl (C=O) groups is 2. The van der Waals surface area contributed by atoms with Gasteiger partial charge in [0.15, 0.2) is 23.0 Å². The number of nitrogens with one attached hydrogen (secondary N) is 2. The van der Waals surface area contributed by atoms with Crippen molar-refractivity contribution in [3.8, 4) is 23.0 Å². The molecule has 0 saturated heterocycles. The van der Waals surface area contributed by atoms with E-state index >= 15 is 0 Å². The Bertz CT molecular complexity index is 2010. The highest BCUT2D eigenvalue weighted by Crippen LogP contribution is 2.39. The van der Waals surface area contributed by atoms with Crippen LogP contribution in [-0.2, 0) is 25.9 Å². The molecule has 4 aromatic rings. The minimum Gasteiger partial charge on any atom is -0.493 e. The topological polar surface area (TPSA) is 114 Å². The molecule has 2 atom stereocenters. The zero-order chi connectivity index (χ0) is 34.9. The van der Waals surface area contributed by atoms with Crippen molar-refractivity contribution in [3.63, 3.8) is 0 Å². The van der Waals surface area contributed by atoms with Crippen LogP contribution < -0.4 is 29.6 Å². The van der Waals surface area contributed by atoms with Crippen molar-refractivity contribution in [2.75, 3.05) is 52.4 Å². The molecule has 4 heterocycles. The lowest BCUT2D eigenvalue weighted by atomic mass is 9.94. The number of rotatable bonds is 10. The van der Waals surface area contributed by atoms with Crippen molar-refractivity contribution in [2.45, 2.75) is 38.0 Å².